The molecule has 1 aromatic rings. The second kappa shape index (κ2) is 3.81. The minimum Gasteiger partial charge on any atom is -0.378 e. The average Bonchev–Trinajstić information content (AvgIpc) is 2.05. The van der Waals surface area contributed by atoms with Gasteiger partial charge in [0, 0.05) is 5.56 Å². The fraction of sp³-hybridized carbons (Fsp3) is 0.333. The van der Waals surface area contributed by atoms with E-state index in [9.17, 15) is 9.50 Å². The normalized spacial score (nSPS) is 10.6. The highest BCUT2D eigenvalue weighted by atomic mass is 19.1. The van der Waals surface area contributed by atoms with Crippen LogP contribution in [0.15, 0.2) is 18.2 Å². The molecule has 0 saturated carbocycles. The van der Waals surface area contributed by atoms with Crippen molar-refractivity contribution in [3.8, 4) is 11.8 Å². The Hall–Kier alpha value is -1.33. The molecule has 0 heterocycles. The van der Waals surface area contributed by atoms with Crippen LogP contribution in [0.4, 0.5) is 4.39 Å². The van der Waals surface area contributed by atoms with Crippen LogP contribution in [-0.4, -0.2) is 10.7 Å². The van der Waals surface area contributed by atoms with Gasteiger partial charge in [0.2, 0.25) is 0 Å². The zero-order valence-electron chi connectivity index (χ0n) is 8.56. The van der Waals surface area contributed by atoms with Crippen molar-refractivity contribution < 1.29 is 9.50 Å². The molecule has 0 amide bonds. The number of aliphatic hydroxyl groups is 1. The van der Waals surface area contributed by atoms with Crippen LogP contribution in [0.5, 0.6) is 0 Å². The van der Waals surface area contributed by atoms with E-state index < -0.39 is 5.60 Å². The van der Waals surface area contributed by atoms with Crippen molar-refractivity contribution in [2.45, 2.75) is 26.4 Å². The first-order valence-electron chi connectivity index (χ1n) is 4.40. The van der Waals surface area contributed by atoms with Crippen LogP contribution in [-0.2, 0) is 0 Å². The summed E-state index contributed by atoms with van der Waals surface area (Å²) in [5, 5.41) is 9.37. The summed E-state index contributed by atoms with van der Waals surface area (Å²) in [6.07, 6.45) is 0. The maximum atomic E-state index is 12.8. The van der Waals surface area contributed by atoms with Gasteiger partial charge in [-0.05, 0) is 38.5 Å². The molecule has 0 aliphatic rings. The van der Waals surface area contributed by atoms with Gasteiger partial charge in [0.1, 0.15) is 11.4 Å². The van der Waals surface area contributed by atoms with Gasteiger partial charge in [-0.25, -0.2) is 4.39 Å². The van der Waals surface area contributed by atoms with E-state index in [0.717, 1.165) is 5.56 Å². The lowest BCUT2D eigenvalue weighted by molar-refractivity contribution is 0.143. The standard InChI is InChI=1S/C12H13FO/c1-9-4-5-11(13)8-10(9)6-7-12(2,3)14/h4-5,8,14H,1-3H3. The summed E-state index contributed by atoms with van der Waals surface area (Å²) in [7, 11) is 0. The molecule has 0 fully saturated rings. The minimum atomic E-state index is -1.04. The van der Waals surface area contributed by atoms with Gasteiger partial charge in [-0.15, -0.1) is 0 Å². The van der Waals surface area contributed by atoms with E-state index >= 15 is 0 Å². The lowest BCUT2D eigenvalue weighted by atomic mass is 10.1. The van der Waals surface area contributed by atoms with Crippen molar-refractivity contribution in [2.75, 3.05) is 0 Å². The van der Waals surface area contributed by atoms with E-state index in [1.54, 1.807) is 19.9 Å². The molecule has 0 radical (unpaired) electrons. The molecule has 14 heavy (non-hydrogen) atoms. The van der Waals surface area contributed by atoms with Crippen molar-refractivity contribution in [3.63, 3.8) is 0 Å². The van der Waals surface area contributed by atoms with Crippen LogP contribution < -0.4 is 0 Å². The van der Waals surface area contributed by atoms with Crippen LogP contribution in [0.3, 0.4) is 0 Å². The van der Waals surface area contributed by atoms with Crippen molar-refractivity contribution in [3.05, 3.63) is 35.1 Å². The third-order valence-corrected chi connectivity index (χ3v) is 1.70. The maximum absolute atomic E-state index is 12.8. The molecule has 0 bridgehead atoms. The predicted octanol–water partition coefficient (Wildman–Crippen LogP) is 2.26. The second-order valence-corrected chi connectivity index (χ2v) is 3.77. The third-order valence-electron chi connectivity index (χ3n) is 1.70. The molecule has 1 rings (SSSR count). The van der Waals surface area contributed by atoms with Gasteiger partial charge in [0.15, 0.2) is 0 Å². The molecule has 74 valence electrons. The Morgan fingerprint density at radius 2 is 2.00 bits per heavy atom. The van der Waals surface area contributed by atoms with Crippen LogP contribution in [0.25, 0.3) is 0 Å². The summed E-state index contributed by atoms with van der Waals surface area (Å²) in [6.45, 7) is 5.04. The van der Waals surface area contributed by atoms with E-state index in [2.05, 4.69) is 11.8 Å². The summed E-state index contributed by atoms with van der Waals surface area (Å²) in [5.41, 5.74) is 0.481. The van der Waals surface area contributed by atoms with Crippen molar-refractivity contribution >= 4 is 0 Å². The first kappa shape index (κ1) is 10.7. The summed E-state index contributed by atoms with van der Waals surface area (Å²) < 4.78 is 12.8. The molecule has 0 aromatic heterocycles. The second-order valence-electron chi connectivity index (χ2n) is 3.77. The lowest BCUT2D eigenvalue weighted by Gasteiger charge is -2.06. The van der Waals surface area contributed by atoms with E-state index in [-0.39, 0.29) is 5.82 Å². The first-order valence-corrected chi connectivity index (χ1v) is 4.40. The zero-order valence-corrected chi connectivity index (χ0v) is 8.56. The van der Waals surface area contributed by atoms with E-state index in [1.807, 2.05) is 6.92 Å². The Bertz CT molecular complexity index is 391. The molecule has 2 heteroatoms. The van der Waals surface area contributed by atoms with Crippen LogP contribution >= 0.6 is 0 Å². The van der Waals surface area contributed by atoms with Crippen LogP contribution in [0.1, 0.15) is 25.0 Å². The Labute approximate surface area is 83.6 Å². The SMILES string of the molecule is Cc1ccc(F)cc1C#CC(C)(C)O. The number of hydrogen-bond acceptors (Lipinski definition) is 1. The van der Waals surface area contributed by atoms with Crippen LogP contribution in [0.2, 0.25) is 0 Å². The smallest absolute Gasteiger partial charge is 0.124 e. The van der Waals surface area contributed by atoms with Gasteiger partial charge in [0.25, 0.3) is 0 Å². The highest BCUT2D eigenvalue weighted by Gasteiger charge is 2.06. The molecule has 1 N–H and O–H groups in total. The number of rotatable bonds is 0. The Morgan fingerprint density at radius 3 is 2.57 bits per heavy atom. The van der Waals surface area contributed by atoms with E-state index in [4.69, 9.17) is 0 Å². The summed E-state index contributed by atoms with van der Waals surface area (Å²) in [6, 6.07) is 4.43. The average molecular weight is 192 g/mol. The van der Waals surface area contributed by atoms with Gasteiger partial charge in [-0.3, -0.25) is 0 Å². The van der Waals surface area contributed by atoms with Gasteiger partial charge >= 0.3 is 0 Å². The zero-order chi connectivity index (χ0) is 10.8. The molecule has 0 aliphatic carbocycles. The Morgan fingerprint density at radius 1 is 1.36 bits per heavy atom. The molecular weight excluding hydrogens is 179 g/mol. The molecule has 0 unspecified atom stereocenters. The fourth-order valence-electron chi connectivity index (χ4n) is 0.949. The molecule has 0 atom stereocenters. The number of hydrogen-bond donors (Lipinski definition) is 1. The first-order chi connectivity index (χ1) is 6.38. The minimum absolute atomic E-state index is 0.310. The Balaban J connectivity index is 3.06. The Kier molecular flexibility index (Phi) is 2.93. The summed E-state index contributed by atoms with van der Waals surface area (Å²) in [4.78, 5) is 0. The topological polar surface area (TPSA) is 20.2 Å². The van der Waals surface area contributed by atoms with Crippen LogP contribution in [0, 0.1) is 24.6 Å². The highest BCUT2D eigenvalue weighted by Crippen LogP contribution is 2.09. The number of halogens is 1. The summed E-state index contributed by atoms with van der Waals surface area (Å²) in [5.74, 6) is 5.09. The van der Waals surface area contributed by atoms with E-state index in [0.29, 0.717) is 5.56 Å². The molecule has 1 aromatic carbocycles. The van der Waals surface area contributed by atoms with Crippen molar-refractivity contribution in [1.82, 2.24) is 0 Å². The van der Waals surface area contributed by atoms with Gasteiger partial charge < -0.3 is 5.11 Å². The van der Waals surface area contributed by atoms with E-state index in [1.165, 1.54) is 12.1 Å². The van der Waals surface area contributed by atoms with Crippen molar-refractivity contribution in [1.29, 1.82) is 0 Å². The summed E-state index contributed by atoms with van der Waals surface area (Å²) >= 11 is 0. The molecule has 0 spiro atoms. The number of aryl methyl sites for hydroxylation is 1. The molecule has 0 aliphatic heterocycles. The quantitative estimate of drug-likeness (QED) is 0.625. The van der Waals surface area contributed by atoms with Gasteiger partial charge in [0.05, 0.1) is 0 Å². The largest absolute Gasteiger partial charge is 0.378 e. The molecule has 1 nitrogen and oxygen atoms in total. The molecular formula is C12H13FO. The lowest BCUT2D eigenvalue weighted by Crippen LogP contribution is -2.14. The maximum Gasteiger partial charge on any atom is 0.124 e. The monoisotopic (exact) mass is 192 g/mol. The van der Waals surface area contributed by atoms with Gasteiger partial charge in [-0.2, -0.15) is 0 Å². The fourth-order valence-corrected chi connectivity index (χ4v) is 0.949. The highest BCUT2D eigenvalue weighted by molar-refractivity contribution is 5.41. The van der Waals surface area contributed by atoms with Gasteiger partial charge in [-0.1, -0.05) is 17.9 Å². The predicted molar refractivity (Wildman–Crippen MR) is 54.3 cm³/mol. The van der Waals surface area contributed by atoms with Crippen molar-refractivity contribution in [2.24, 2.45) is 0 Å². The third kappa shape index (κ3) is 3.20. The number of benzene rings is 1. The molecule has 0 saturated heterocycles.